The monoisotopic (exact) mass is 418 g/mol. The Morgan fingerprint density at radius 1 is 1.11 bits per heavy atom. The molecule has 4 atom stereocenters. The Balaban J connectivity index is 0. The van der Waals surface area contributed by atoms with Crippen molar-refractivity contribution in [1.82, 2.24) is 5.43 Å². The van der Waals surface area contributed by atoms with Crippen molar-refractivity contribution in [3.8, 4) is 0 Å². The lowest BCUT2D eigenvalue weighted by atomic mass is 10.0. The highest BCUT2D eigenvalue weighted by Gasteiger charge is 2.32. The predicted octanol–water partition coefficient (Wildman–Crippen LogP) is -6.13. The van der Waals surface area contributed by atoms with Crippen LogP contribution in [0.4, 0.5) is 0 Å². The molecule has 17 nitrogen and oxygen atoms in total. The van der Waals surface area contributed by atoms with Crippen LogP contribution in [-0.4, -0.2) is 97.9 Å². The molecular weight excluding hydrogens is 396 g/mol. The minimum absolute atomic E-state index is 0.388. The Hall–Kier alpha value is -2.45. The van der Waals surface area contributed by atoms with Crippen molar-refractivity contribution in [3.63, 3.8) is 0 Å². The van der Waals surface area contributed by atoms with Gasteiger partial charge in [0.1, 0.15) is 30.1 Å². The fraction of sp³-hybridized carbons (Fsp3) is 0.556. The number of hydrazone groups is 1. The molecule has 0 aliphatic carbocycles. The summed E-state index contributed by atoms with van der Waals surface area (Å²) in [6.07, 6.45) is -6.54. The largest absolute Gasteiger partial charge is 0.394 e. The lowest BCUT2D eigenvalue weighted by Crippen LogP contribution is -2.49. The van der Waals surface area contributed by atoms with E-state index in [0.29, 0.717) is 0 Å². The molecule has 0 aromatic carbocycles. The predicted molar refractivity (Wildman–Crippen MR) is 92.1 cm³/mol. The van der Waals surface area contributed by atoms with Crippen molar-refractivity contribution in [1.29, 1.82) is 5.41 Å². The van der Waals surface area contributed by atoms with Gasteiger partial charge in [-0.3, -0.25) is 14.5 Å². The highest BCUT2D eigenvalue weighted by molar-refractivity contribution is 7.79. The molecule has 27 heavy (non-hydrogen) atoms. The van der Waals surface area contributed by atoms with Gasteiger partial charge in [0, 0.05) is 0 Å². The number of nitrogens with one attached hydrogen (secondary N) is 2. The zero-order valence-corrected chi connectivity index (χ0v) is 14.3. The molecule has 0 aliphatic heterocycles. The fourth-order valence-corrected chi connectivity index (χ4v) is 1.15. The minimum atomic E-state index is -4.67. The van der Waals surface area contributed by atoms with Gasteiger partial charge in [-0.15, -0.1) is 5.10 Å². The molecule has 0 aromatic heterocycles. The average Bonchev–Trinajstić information content (AvgIpc) is 2.53. The van der Waals surface area contributed by atoms with Gasteiger partial charge in [0.15, 0.2) is 0 Å². The van der Waals surface area contributed by atoms with Crippen LogP contribution in [0.25, 0.3) is 0 Å². The van der Waals surface area contributed by atoms with Crippen LogP contribution in [0.5, 0.6) is 0 Å². The molecule has 158 valence electrons. The minimum Gasteiger partial charge on any atom is -0.394 e. The Morgan fingerprint density at radius 2 is 1.59 bits per heavy atom. The molecule has 0 radical (unpaired) electrons. The number of hydrogen-bond acceptors (Lipinski definition) is 11. The van der Waals surface area contributed by atoms with E-state index >= 15 is 0 Å². The van der Waals surface area contributed by atoms with Crippen molar-refractivity contribution in [2.75, 3.05) is 6.61 Å². The number of aliphatic hydroxyl groups excluding tert-OH is 5. The van der Waals surface area contributed by atoms with E-state index in [1.54, 1.807) is 0 Å². The van der Waals surface area contributed by atoms with Crippen molar-refractivity contribution in [3.05, 3.63) is 0 Å². The van der Waals surface area contributed by atoms with Gasteiger partial charge in [0.2, 0.25) is 11.9 Å². The van der Waals surface area contributed by atoms with Crippen molar-refractivity contribution < 1.29 is 43.1 Å². The summed E-state index contributed by atoms with van der Waals surface area (Å²) >= 11 is 0. The van der Waals surface area contributed by atoms with Gasteiger partial charge in [-0.25, -0.2) is 5.43 Å². The number of aliphatic hydroxyl groups is 5. The molecule has 0 bridgehead atoms. The summed E-state index contributed by atoms with van der Waals surface area (Å²) in [5, 5.41) is 64.0. The fourth-order valence-electron chi connectivity index (χ4n) is 1.15. The second-order valence-corrected chi connectivity index (χ2v) is 5.35. The lowest BCUT2D eigenvalue weighted by Gasteiger charge is -2.25. The van der Waals surface area contributed by atoms with Crippen LogP contribution < -0.4 is 22.6 Å². The molecule has 0 spiro atoms. The Kier molecular flexibility index (Phi) is 12.7. The molecule has 0 amide bonds. The van der Waals surface area contributed by atoms with Crippen LogP contribution >= 0.6 is 0 Å². The van der Waals surface area contributed by atoms with Gasteiger partial charge in [-0.1, -0.05) is 0 Å². The smallest absolute Gasteiger partial charge is 0.394 e. The molecule has 0 heterocycles. The van der Waals surface area contributed by atoms with Gasteiger partial charge < -0.3 is 42.7 Å². The van der Waals surface area contributed by atoms with Gasteiger partial charge in [0.05, 0.1) is 12.8 Å². The number of nitrogens with zero attached hydrogens (tertiary/aromatic N) is 3. The normalized spacial score (nSPS) is 16.5. The maximum absolute atomic E-state index is 9.88. The summed E-state index contributed by atoms with van der Waals surface area (Å²) in [5.74, 6) is -0.966. The third-order valence-electron chi connectivity index (χ3n) is 2.23. The average molecular weight is 418 g/mol. The van der Waals surface area contributed by atoms with Crippen molar-refractivity contribution in [2.24, 2.45) is 32.5 Å². The standard InChI is InChI=1S/C9H20N8O5.H2O4S/c10-8(11)16-14-1-3(15-17-9(12)13)5(20)7(22)6(21)4(19)2-18;1-5(2,3)4/h1,4-7,18-22H,2H2,(H4,10,11,16)(H4,12,13,17);(H2,1,2,3,4). The van der Waals surface area contributed by atoms with E-state index < -0.39 is 53.1 Å². The lowest BCUT2D eigenvalue weighted by molar-refractivity contribution is -0.100. The molecule has 4 unspecified atom stereocenters. The van der Waals surface area contributed by atoms with Crippen LogP contribution in [0.15, 0.2) is 15.3 Å². The Labute approximate surface area is 152 Å². The van der Waals surface area contributed by atoms with Crippen molar-refractivity contribution in [2.45, 2.75) is 24.4 Å². The summed E-state index contributed by atoms with van der Waals surface area (Å²) in [6.45, 7) is -0.842. The van der Waals surface area contributed by atoms with E-state index in [-0.39, 0.29) is 5.96 Å². The second-order valence-electron chi connectivity index (χ2n) is 4.46. The van der Waals surface area contributed by atoms with E-state index in [2.05, 4.69) is 15.3 Å². The van der Waals surface area contributed by atoms with Crippen LogP contribution in [-0.2, 0) is 10.4 Å². The third kappa shape index (κ3) is 15.5. The Morgan fingerprint density at radius 3 is 1.96 bits per heavy atom. The first-order valence-electron chi connectivity index (χ1n) is 6.53. The summed E-state index contributed by atoms with van der Waals surface area (Å²) in [7, 11) is -4.67. The van der Waals surface area contributed by atoms with E-state index in [1.807, 2.05) is 5.43 Å². The van der Waals surface area contributed by atoms with Gasteiger partial charge in [-0.2, -0.15) is 18.6 Å². The number of hydrogen-bond donors (Lipinski definition) is 12. The van der Waals surface area contributed by atoms with E-state index in [4.69, 9.17) is 45.2 Å². The summed E-state index contributed by atoms with van der Waals surface area (Å²) in [6, 6.07) is 0. The highest BCUT2D eigenvalue weighted by Crippen LogP contribution is 2.06. The molecule has 0 fully saturated rings. The van der Waals surface area contributed by atoms with Crippen LogP contribution in [0.3, 0.4) is 0 Å². The first-order chi connectivity index (χ1) is 12.2. The van der Waals surface area contributed by atoms with Gasteiger partial charge in [0.25, 0.3) is 0 Å². The molecule has 0 aliphatic rings. The zero-order chi connectivity index (χ0) is 21.8. The van der Waals surface area contributed by atoms with Crippen molar-refractivity contribution >= 4 is 34.2 Å². The quantitative estimate of drug-likeness (QED) is 0.0755. The highest BCUT2D eigenvalue weighted by atomic mass is 32.3. The topological polar surface area (TPSA) is 327 Å². The van der Waals surface area contributed by atoms with Gasteiger partial charge in [-0.05, 0) is 0 Å². The molecular formula is C9H22N8O9S. The first-order valence-corrected chi connectivity index (χ1v) is 7.93. The maximum Gasteiger partial charge on any atom is 0.394 e. The summed E-state index contributed by atoms with van der Waals surface area (Å²) < 4.78 is 31.6. The molecule has 18 heteroatoms. The SMILES string of the molecule is N=C(N)NN=C(C=NN=C(N)N)C(O)C(O)C(O)C(O)CO.O=S(=O)(O)O. The summed E-state index contributed by atoms with van der Waals surface area (Å²) in [4.78, 5) is 0. The molecule has 0 saturated carbocycles. The van der Waals surface area contributed by atoms with Crippen LogP contribution in [0.1, 0.15) is 0 Å². The van der Waals surface area contributed by atoms with Crippen LogP contribution in [0.2, 0.25) is 0 Å². The van der Waals surface area contributed by atoms with E-state index in [0.717, 1.165) is 6.21 Å². The van der Waals surface area contributed by atoms with E-state index in [1.165, 1.54) is 0 Å². The molecule has 0 rings (SSSR count). The summed E-state index contributed by atoms with van der Waals surface area (Å²) in [5.41, 5.74) is 16.7. The third-order valence-corrected chi connectivity index (χ3v) is 2.23. The zero-order valence-electron chi connectivity index (χ0n) is 13.5. The van der Waals surface area contributed by atoms with Crippen LogP contribution in [0, 0.1) is 5.41 Å². The van der Waals surface area contributed by atoms with Gasteiger partial charge >= 0.3 is 10.4 Å². The number of nitrogens with two attached hydrogens (primary N) is 3. The molecule has 0 aromatic rings. The number of guanidine groups is 2. The molecule has 15 N–H and O–H groups in total. The number of rotatable bonds is 8. The van der Waals surface area contributed by atoms with E-state index in [9.17, 15) is 20.4 Å². The maximum atomic E-state index is 9.88. The Bertz CT molecular complexity index is 640. The second kappa shape index (κ2) is 12.8. The molecule has 0 saturated heterocycles. The first kappa shape index (κ1) is 26.8.